The average Bonchev–Trinajstić information content (AvgIpc) is 2.49. The molecule has 0 aliphatic rings. The summed E-state index contributed by atoms with van der Waals surface area (Å²) in [4.78, 5) is 4.27. The minimum Gasteiger partial charge on any atom is -0.497 e. The van der Waals surface area contributed by atoms with Crippen LogP contribution in [0.1, 0.15) is 5.56 Å². The van der Waals surface area contributed by atoms with Gasteiger partial charge in [0.05, 0.1) is 19.9 Å². The Hall–Kier alpha value is -2.43. The van der Waals surface area contributed by atoms with E-state index in [1.54, 1.807) is 20.3 Å². The van der Waals surface area contributed by atoms with Gasteiger partial charge in [-0.25, -0.2) is 0 Å². The molecule has 0 aliphatic carbocycles. The zero-order valence-electron chi connectivity index (χ0n) is 11.7. The summed E-state index contributed by atoms with van der Waals surface area (Å²) < 4.78 is 10.2. The van der Waals surface area contributed by atoms with Gasteiger partial charge in [-0.1, -0.05) is 12.1 Å². The third kappa shape index (κ3) is 3.54. The van der Waals surface area contributed by atoms with E-state index in [0.29, 0.717) is 11.6 Å². The Morgan fingerprint density at radius 1 is 1.05 bits per heavy atom. The molecule has 1 heterocycles. The second-order valence-corrected chi connectivity index (χ2v) is 4.32. The quantitative estimate of drug-likeness (QED) is 0.845. The smallest absolute Gasteiger partial charge is 0.238 e. The first-order chi connectivity index (χ1) is 9.72. The molecule has 0 spiro atoms. The highest BCUT2D eigenvalue weighted by Gasteiger charge is 2.02. The Morgan fingerprint density at radius 3 is 2.45 bits per heavy atom. The number of nitrogen functional groups attached to an aromatic ring is 1. The summed E-state index contributed by atoms with van der Waals surface area (Å²) in [6.45, 7) is 0.784. The Kier molecular flexibility index (Phi) is 4.65. The van der Waals surface area contributed by atoms with Crippen molar-refractivity contribution in [3.05, 3.63) is 42.0 Å². The van der Waals surface area contributed by atoms with Crippen LogP contribution in [-0.4, -0.2) is 25.7 Å². The predicted molar refractivity (Wildman–Crippen MR) is 80.4 cm³/mol. The fourth-order valence-electron chi connectivity index (χ4n) is 1.84. The summed E-state index contributed by atoms with van der Waals surface area (Å²) in [5.74, 6) is 2.07. The summed E-state index contributed by atoms with van der Waals surface area (Å²) in [5, 5.41) is 3.25. The maximum Gasteiger partial charge on any atom is 0.238 e. The van der Waals surface area contributed by atoms with E-state index in [0.717, 1.165) is 24.5 Å². The number of nitrogens with one attached hydrogen (secondary N) is 1. The monoisotopic (exact) mass is 273 g/mol. The molecule has 0 saturated carbocycles. The summed E-state index contributed by atoms with van der Waals surface area (Å²) in [5.41, 5.74) is 7.49. The lowest BCUT2D eigenvalue weighted by molar-refractivity contribution is 0.401. The second kappa shape index (κ2) is 6.65. The van der Waals surface area contributed by atoms with Crippen molar-refractivity contribution < 1.29 is 9.47 Å². The number of benzene rings is 1. The molecule has 0 atom stereocenters. The number of hydrogen-bond donors (Lipinski definition) is 2. The molecule has 0 radical (unpaired) electrons. The van der Waals surface area contributed by atoms with Crippen LogP contribution in [0.2, 0.25) is 0 Å². The predicted octanol–water partition coefficient (Wildman–Crippen LogP) is 2.34. The third-order valence-electron chi connectivity index (χ3n) is 2.96. The topological polar surface area (TPSA) is 69.4 Å². The highest BCUT2D eigenvalue weighted by molar-refractivity contribution is 5.53. The summed E-state index contributed by atoms with van der Waals surface area (Å²) in [6.07, 6.45) is 0.901. The van der Waals surface area contributed by atoms with Gasteiger partial charge in [-0.2, -0.15) is 4.98 Å². The van der Waals surface area contributed by atoms with Gasteiger partial charge < -0.3 is 20.5 Å². The van der Waals surface area contributed by atoms with Crippen molar-refractivity contribution in [3.63, 3.8) is 0 Å². The molecule has 20 heavy (non-hydrogen) atoms. The molecule has 0 fully saturated rings. The number of methoxy groups -OCH3 is 2. The number of ether oxygens (including phenoxy) is 2. The van der Waals surface area contributed by atoms with Crippen LogP contribution in [0.25, 0.3) is 0 Å². The van der Waals surface area contributed by atoms with Crippen molar-refractivity contribution >= 4 is 11.5 Å². The van der Waals surface area contributed by atoms with E-state index in [4.69, 9.17) is 15.2 Å². The van der Waals surface area contributed by atoms with Gasteiger partial charge in [0.15, 0.2) is 0 Å². The lowest BCUT2D eigenvalue weighted by Gasteiger charge is -2.09. The van der Waals surface area contributed by atoms with Crippen molar-refractivity contribution in [2.45, 2.75) is 6.42 Å². The number of pyridine rings is 1. The van der Waals surface area contributed by atoms with Crippen LogP contribution < -0.4 is 20.5 Å². The molecule has 0 aliphatic heterocycles. The fraction of sp³-hybridized carbons (Fsp3) is 0.267. The van der Waals surface area contributed by atoms with E-state index in [-0.39, 0.29) is 0 Å². The van der Waals surface area contributed by atoms with Gasteiger partial charge in [-0.15, -0.1) is 0 Å². The van der Waals surface area contributed by atoms with Crippen LogP contribution in [0.4, 0.5) is 11.5 Å². The van der Waals surface area contributed by atoms with Crippen molar-refractivity contribution in [3.8, 4) is 11.6 Å². The van der Waals surface area contributed by atoms with E-state index < -0.39 is 0 Å². The number of aromatic nitrogens is 1. The van der Waals surface area contributed by atoms with Gasteiger partial charge in [0.2, 0.25) is 5.88 Å². The number of rotatable bonds is 6. The SMILES string of the molecule is COc1ccc(CCNc2ccc(N)c(OC)n2)cc1. The van der Waals surface area contributed by atoms with E-state index >= 15 is 0 Å². The van der Waals surface area contributed by atoms with Crippen molar-refractivity contribution in [2.24, 2.45) is 0 Å². The van der Waals surface area contributed by atoms with Gasteiger partial charge in [-0.05, 0) is 36.2 Å². The minimum atomic E-state index is 0.444. The molecule has 2 aromatic rings. The van der Waals surface area contributed by atoms with Crippen molar-refractivity contribution in [2.75, 3.05) is 31.8 Å². The van der Waals surface area contributed by atoms with Gasteiger partial charge >= 0.3 is 0 Å². The minimum absolute atomic E-state index is 0.444. The molecule has 0 bridgehead atoms. The first-order valence-corrected chi connectivity index (χ1v) is 6.40. The highest BCUT2D eigenvalue weighted by atomic mass is 16.5. The van der Waals surface area contributed by atoms with Crippen LogP contribution in [0.15, 0.2) is 36.4 Å². The third-order valence-corrected chi connectivity index (χ3v) is 2.96. The summed E-state index contributed by atoms with van der Waals surface area (Å²) >= 11 is 0. The summed E-state index contributed by atoms with van der Waals surface area (Å²) in [6, 6.07) is 11.6. The maximum atomic E-state index is 5.72. The second-order valence-electron chi connectivity index (χ2n) is 4.32. The lowest BCUT2D eigenvalue weighted by atomic mass is 10.1. The Balaban J connectivity index is 1.88. The normalized spacial score (nSPS) is 10.1. The molecular formula is C15H19N3O2. The van der Waals surface area contributed by atoms with Gasteiger partial charge in [-0.3, -0.25) is 0 Å². The Bertz CT molecular complexity index is 556. The fourth-order valence-corrected chi connectivity index (χ4v) is 1.84. The lowest BCUT2D eigenvalue weighted by Crippen LogP contribution is -2.07. The number of nitrogens with two attached hydrogens (primary N) is 1. The van der Waals surface area contributed by atoms with Gasteiger partial charge in [0.1, 0.15) is 11.6 Å². The highest BCUT2D eigenvalue weighted by Crippen LogP contribution is 2.20. The van der Waals surface area contributed by atoms with E-state index in [9.17, 15) is 0 Å². The maximum absolute atomic E-state index is 5.72. The van der Waals surface area contributed by atoms with E-state index in [1.165, 1.54) is 5.56 Å². The molecule has 0 amide bonds. The van der Waals surface area contributed by atoms with Gasteiger partial charge in [0, 0.05) is 6.54 Å². The first kappa shape index (κ1) is 14.0. The molecule has 5 nitrogen and oxygen atoms in total. The molecule has 3 N–H and O–H groups in total. The number of nitrogens with zero attached hydrogens (tertiary/aromatic N) is 1. The molecule has 2 rings (SSSR count). The standard InChI is InChI=1S/C15H19N3O2/c1-19-12-5-3-11(4-6-12)9-10-17-14-8-7-13(16)15(18-14)20-2/h3-8H,9-10,16H2,1-2H3,(H,17,18). The molecule has 1 aromatic heterocycles. The average molecular weight is 273 g/mol. The molecule has 1 aromatic carbocycles. The van der Waals surface area contributed by atoms with Crippen LogP contribution >= 0.6 is 0 Å². The summed E-state index contributed by atoms with van der Waals surface area (Å²) in [7, 11) is 3.22. The van der Waals surface area contributed by atoms with Crippen LogP contribution in [0.5, 0.6) is 11.6 Å². The molecule has 5 heteroatoms. The van der Waals surface area contributed by atoms with Crippen LogP contribution in [0.3, 0.4) is 0 Å². The zero-order chi connectivity index (χ0) is 14.4. The van der Waals surface area contributed by atoms with Crippen LogP contribution in [-0.2, 0) is 6.42 Å². The number of anilines is 2. The van der Waals surface area contributed by atoms with E-state index in [1.807, 2.05) is 18.2 Å². The Labute approximate surface area is 118 Å². The van der Waals surface area contributed by atoms with Gasteiger partial charge in [0.25, 0.3) is 0 Å². The molecular weight excluding hydrogens is 254 g/mol. The molecule has 106 valence electrons. The molecule has 0 saturated heterocycles. The molecule has 0 unspecified atom stereocenters. The van der Waals surface area contributed by atoms with E-state index in [2.05, 4.69) is 22.4 Å². The van der Waals surface area contributed by atoms with Crippen molar-refractivity contribution in [1.82, 2.24) is 4.98 Å². The largest absolute Gasteiger partial charge is 0.497 e. The number of hydrogen-bond acceptors (Lipinski definition) is 5. The Morgan fingerprint density at radius 2 is 1.80 bits per heavy atom. The van der Waals surface area contributed by atoms with Crippen LogP contribution in [0, 0.1) is 0 Å². The zero-order valence-corrected chi connectivity index (χ0v) is 11.7. The first-order valence-electron chi connectivity index (χ1n) is 6.40. The van der Waals surface area contributed by atoms with Crippen molar-refractivity contribution in [1.29, 1.82) is 0 Å².